The van der Waals surface area contributed by atoms with Crippen LogP contribution >= 0.6 is 0 Å². The number of fused-ring (bicyclic) bond motifs is 1. The molecule has 1 aromatic heterocycles. The van der Waals surface area contributed by atoms with E-state index in [1.165, 1.54) is 16.3 Å². The van der Waals surface area contributed by atoms with Crippen LogP contribution in [0.3, 0.4) is 0 Å². The highest BCUT2D eigenvalue weighted by Crippen LogP contribution is 2.28. The molecule has 0 saturated carbocycles. The third kappa shape index (κ3) is 2.68. The predicted octanol–water partition coefficient (Wildman–Crippen LogP) is 2.30. The van der Waals surface area contributed by atoms with Crippen LogP contribution < -0.4 is 5.32 Å². The van der Waals surface area contributed by atoms with Gasteiger partial charge in [0.25, 0.3) is 0 Å². The molecule has 106 valence electrons. The number of nitrogens with one attached hydrogen (secondary N) is 1. The van der Waals surface area contributed by atoms with Gasteiger partial charge in [0.2, 0.25) is 0 Å². The third-order valence-corrected chi connectivity index (χ3v) is 3.69. The second-order valence-corrected chi connectivity index (χ2v) is 4.96. The lowest BCUT2D eigenvalue weighted by molar-refractivity contribution is -0.102. The summed E-state index contributed by atoms with van der Waals surface area (Å²) in [6.45, 7) is 4.98. The van der Waals surface area contributed by atoms with E-state index < -0.39 is 0 Å². The Morgan fingerprint density at radius 1 is 1.35 bits per heavy atom. The fourth-order valence-corrected chi connectivity index (χ4v) is 2.77. The first-order valence-corrected chi connectivity index (χ1v) is 7.15. The number of ether oxygens (including phenoxy) is 2. The van der Waals surface area contributed by atoms with Crippen molar-refractivity contribution in [2.45, 2.75) is 19.1 Å². The number of rotatable bonds is 4. The molecule has 1 aliphatic heterocycles. The maximum absolute atomic E-state index is 5.89. The average Bonchev–Trinajstić information content (AvgIpc) is 2.53. The predicted molar refractivity (Wildman–Crippen MR) is 78.7 cm³/mol. The van der Waals surface area contributed by atoms with Crippen LogP contribution in [0, 0.1) is 0 Å². The normalized spacial score (nSPS) is 20.9. The Kier molecular flexibility index (Phi) is 4.25. The van der Waals surface area contributed by atoms with Gasteiger partial charge in [-0.05, 0) is 23.6 Å². The van der Waals surface area contributed by atoms with Gasteiger partial charge in [-0.1, -0.05) is 25.1 Å². The largest absolute Gasteiger partial charge is 0.376 e. The molecule has 1 saturated heterocycles. The second kappa shape index (κ2) is 6.31. The second-order valence-electron chi connectivity index (χ2n) is 4.96. The monoisotopic (exact) mass is 272 g/mol. The minimum atomic E-state index is 0.0505. The highest BCUT2D eigenvalue weighted by Gasteiger charge is 2.27. The molecule has 1 aromatic carbocycles. The Hall–Kier alpha value is -1.49. The number of nitrogens with zero attached hydrogens (tertiary/aromatic N) is 1. The van der Waals surface area contributed by atoms with Crippen molar-refractivity contribution >= 4 is 10.8 Å². The molecule has 0 aliphatic carbocycles. The summed E-state index contributed by atoms with van der Waals surface area (Å²) in [6, 6.07) is 8.52. The Morgan fingerprint density at radius 3 is 3.10 bits per heavy atom. The van der Waals surface area contributed by atoms with Crippen molar-refractivity contribution in [3.8, 4) is 0 Å². The van der Waals surface area contributed by atoms with Gasteiger partial charge < -0.3 is 14.8 Å². The van der Waals surface area contributed by atoms with Crippen molar-refractivity contribution in [3.63, 3.8) is 0 Å². The molecule has 2 atom stereocenters. The summed E-state index contributed by atoms with van der Waals surface area (Å²) in [6.07, 6.45) is 3.81. The SMILES string of the molecule is CCNC(c1cccc2ccncc12)C1COCCO1. The van der Waals surface area contributed by atoms with Crippen molar-refractivity contribution in [2.75, 3.05) is 26.4 Å². The standard InChI is InChI=1S/C16H20N2O2/c1-2-18-16(15-11-19-8-9-20-15)13-5-3-4-12-6-7-17-10-14(12)13/h3-7,10,15-16,18H,2,8-9,11H2,1H3. The summed E-state index contributed by atoms with van der Waals surface area (Å²) in [5.74, 6) is 0. The lowest BCUT2D eigenvalue weighted by Crippen LogP contribution is -2.40. The highest BCUT2D eigenvalue weighted by atomic mass is 16.6. The zero-order chi connectivity index (χ0) is 13.8. The van der Waals surface area contributed by atoms with Gasteiger partial charge in [-0.3, -0.25) is 4.98 Å². The van der Waals surface area contributed by atoms with Crippen LogP contribution in [0.25, 0.3) is 10.8 Å². The lowest BCUT2D eigenvalue weighted by Gasteiger charge is -2.31. The zero-order valence-corrected chi connectivity index (χ0v) is 11.7. The lowest BCUT2D eigenvalue weighted by atomic mass is 9.96. The molecular formula is C16H20N2O2. The molecule has 1 fully saturated rings. The average molecular weight is 272 g/mol. The first-order valence-electron chi connectivity index (χ1n) is 7.15. The topological polar surface area (TPSA) is 43.4 Å². The molecule has 20 heavy (non-hydrogen) atoms. The summed E-state index contributed by atoms with van der Waals surface area (Å²) in [7, 11) is 0. The van der Waals surface area contributed by atoms with Gasteiger partial charge in [-0.15, -0.1) is 0 Å². The maximum Gasteiger partial charge on any atom is 0.100 e. The maximum atomic E-state index is 5.89. The molecule has 0 bridgehead atoms. The Morgan fingerprint density at radius 2 is 2.30 bits per heavy atom. The smallest absolute Gasteiger partial charge is 0.100 e. The number of benzene rings is 1. The number of hydrogen-bond acceptors (Lipinski definition) is 4. The molecular weight excluding hydrogens is 252 g/mol. The van der Waals surface area contributed by atoms with Crippen molar-refractivity contribution in [3.05, 3.63) is 42.2 Å². The summed E-state index contributed by atoms with van der Waals surface area (Å²) >= 11 is 0. The van der Waals surface area contributed by atoms with Gasteiger partial charge in [-0.25, -0.2) is 0 Å². The first-order chi connectivity index (χ1) is 9.90. The van der Waals surface area contributed by atoms with E-state index >= 15 is 0 Å². The van der Waals surface area contributed by atoms with Gasteiger partial charge in [0.1, 0.15) is 6.10 Å². The van der Waals surface area contributed by atoms with E-state index in [9.17, 15) is 0 Å². The number of likely N-dealkylation sites (N-methyl/N-ethyl adjacent to an activating group) is 1. The summed E-state index contributed by atoms with van der Waals surface area (Å²) in [5.41, 5.74) is 1.23. The molecule has 1 N–H and O–H groups in total. The van der Waals surface area contributed by atoms with Crippen molar-refractivity contribution in [2.24, 2.45) is 0 Å². The van der Waals surface area contributed by atoms with E-state index in [-0.39, 0.29) is 12.1 Å². The molecule has 0 spiro atoms. The molecule has 4 heteroatoms. The molecule has 0 radical (unpaired) electrons. The van der Waals surface area contributed by atoms with Gasteiger partial charge in [0.15, 0.2) is 0 Å². The molecule has 1 aliphatic rings. The quantitative estimate of drug-likeness (QED) is 0.927. The fourth-order valence-electron chi connectivity index (χ4n) is 2.77. The molecule has 2 heterocycles. The zero-order valence-electron chi connectivity index (χ0n) is 11.7. The molecule has 3 rings (SSSR count). The number of pyridine rings is 1. The minimum Gasteiger partial charge on any atom is -0.376 e. The van der Waals surface area contributed by atoms with Gasteiger partial charge in [0.05, 0.1) is 25.9 Å². The van der Waals surface area contributed by atoms with Crippen molar-refractivity contribution < 1.29 is 9.47 Å². The fraction of sp³-hybridized carbons (Fsp3) is 0.438. The summed E-state index contributed by atoms with van der Waals surface area (Å²) in [5, 5.41) is 5.91. The molecule has 0 amide bonds. The van der Waals surface area contributed by atoms with E-state index in [2.05, 4.69) is 35.4 Å². The van der Waals surface area contributed by atoms with E-state index in [1.807, 2.05) is 18.5 Å². The minimum absolute atomic E-state index is 0.0505. The molecule has 2 aromatic rings. The number of hydrogen-bond donors (Lipinski definition) is 1. The van der Waals surface area contributed by atoms with E-state index in [1.54, 1.807) is 0 Å². The van der Waals surface area contributed by atoms with Crippen LogP contribution in [0.1, 0.15) is 18.5 Å². The van der Waals surface area contributed by atoms with E-state index in [4.69, 9.17) is 9.47 Å². The Balaban J connectivity index is 2.00. The van der Waals surface area contributed by atoms with E-state index in [0.29, 0.717) is 19.8 Å². The number of aromatic nitrogens is 1. The Labute approximate surface area is 119 Å². The van der Waals surface area contributed by atoms with Crippen LogP contribution in [0.2, 0.25) is 0 Å². The van der Waals surface area contributed by atoms with Crippen molar-refractivity contribution in [1.29, 1.82) is 0 Å². The molecule has 4 nitrogen and oxygen atoms in total. The summed E-state index contributed by atoms with van der Waals surface area (Å²) in [4.78, 5) is 4.26. The van der Waals surface area contributed by atoms with Crippen LogP contribution in [0.5, 0.6) is 0 Å². The van der Waals surface area contributed by atoms with Crippen LogP contribution in [-0.2, 0) is 9.47 Å². The van der Waals surface area contributed by atoms with Gasteiger partial charge in [-0.2, -0.15) is 0 Å². The van der Waals surface area contributed by atoms with Gasteiger partial charge in [0, 0.05) is 17.8 Å². The van der Waals surface area contributed by atoms with Crippen molar-refractivity contribution in [1.82, 2.24) is 10.3 Å². The Bertz CT molecular complexity index is 562. The third-order valence-electron chi connectivity index (χ3n) is 3.69. The van der Waals surface area contributed by atoms with Gasteiger partial charge >= 0.3 is 0 Å². The molecule has 2 unspecified atom stereocenters. The first kappa shape index (κ1) is 13.5. The highest BCUT2D eigenvalue weighted by molar-refractivity contribution is 5.85. The van der Waals surface area contributed by atoms with Crippen LogP contribution in [-0.4, -0.2) is 37.5 Å². The summed E-state index contributed by atoms with van der Waals surface area (Å²) < 4.78 is 11.5. The van der Waals surface area contributed by atoms with E-state index in [0.717, 1.165) is 6.54 Å². The van der Waals surface area contributed by atoms with Crippen LogP contribution in [0.15, 0.2) is 36.7 Å². The van der Waals surface area contributed by atoms with Crippen LogP contribution in [0.4, 0.5) is 0 Å².